The fourth-order valence-electron chi connectivity index (χ4n) is 4.18. The third-order valence-corrected chi connectivity index (χ3v) is 7.88. The molecule has 2 bridgehead atoms. The van der Waals surface area contributed by atoms with Gasteiger partial charge in [-0.3, -0.25) is 10.1 Å². The van der Waals surface area contributed by atoms with Crippen molar-refractivity contribution in [2.24, 2.45) is 0 Å². The SMILES string of the molecule is COc1ccc(Cc2cnc(N)nc2N)cc1OC1c2ccc(cc2-c2ccc([N+](=O)[O-])cc2)S1(=O)=O. The highest BCUT2D eigenvalue weighted by molar-refractivity contribution is 7.91. The van der Waals surface area contributed by atoms with Crippen molar-refractivity contribution in [1.82, 2.24) is 9.97 Å². The normalized spacial score (nSPS) is 15.3. The molecule has 0 radical (unpaired) electrons. The monoisotopic (exact) mass is 519 g/mol. The summed E-state index contributed by atoms with van der Waals surface area (Å²) in [5.41, 5.74) is 13.2. The average molecular weight is 520 g/mol. The first-order valence-electron chi connectivity index (χ1n) is 11.0. The molecule has 1 atom stereocenters. The van der Waals surface area contributed by atoms with Crippen molar-refractivity contribution >= 4 is 27.3 Å². The second kappa shape index (κ2) is 9.06. The molecule has 0 aliphatic carbocycles. The molecular formula is C25H21N5O6S. The van der Waals surface area contributed by atoms with Crippen LogP contribution in [-0.4, -0.2) is 30.4 Å². The first-order chi connectivity index (χ1) is 17.7. The number of aromatic nitrogens is 2. The van der Waals surface area contributed by atoms with Crippen LogP contribution in [0.15, 0.2) is 71.8 Å². The summed E-state index contributed by atoms with van der Waals surface area (Å²) in [5, 5.41) is 11.0. The van der Waals surface area contributed by atoms with E-state index in [4.69, 9.17) is 20.9 Å². The van der Waals surface area contributed by atoms with Gasteiger partial charge in [-0.15, -0.1) is 0 Å². The summed E-state index contributed by atoms with van der Waals surface area (Å²) < 4.78 is 38.1. The molecule has 4 N–H and O–H groups in total. The first kappa shape index (κ1) is 24.0. The van der Waals surface area contributed by atoms with Gasteiger partial charge in [-0.2, -0.15) is 4.98 Å². The number of anilines is 2. The molecule has 188 valence electrons. The number of nitro benzene ring substituents is 1. The maximum absolute atomic E-state index is 13.3. The van der Waals surface area contributed by atoms with E-state index in [0.29, 0.717) is 34.4 Å². The predicted molar refractivity (Wildman–Crippen MR) is 136 cm³/mol. The van der Waals surface area contributed by atoms with Crippen molar-refractivity contribution in [2.75, 3.05) is 18.6 Å². The molecular weight excluding hydrogens is 498 g/mol. The largest absolute Gasteiger partial charge is 0.493 e. The second-order valence-corrected chi connectivity index (χ2v) is 10.3. The van der Waals surface area contributed by atoms with Gasteiger partial charge in [0, 0.05) is 35.9 Å². The highest BCUT2D eigenvalue weighted by atomic mass is 32.2. The topological polar surface area (TPSA) is 174 Å². The smallest absolute Gasteiger partial charge is 0.269 e. The number of rotatable bonds is 7. The first-order valence-corrected chi connectivity index (χ1v) is 12.5. The van der Waals surface area contributed by atoms with E-state index in [-0.39, 0.29) is 28.1 Å². The Morgan fingerprint density at radius 2 is 1.78 bits per heavy atom. The van der Waals surface area contributed by atoms with E-state index >= 15 is 0 Å². The van der Waals surface area contributed by atoms with Crippen molar-refractivity contribution in [3.8, 4) is 22.6 Å². The van der Waals surface area contributed by atoms with E-state index in [1.54, 1.807) is 42.5 Å². The van der Waals surface area contributed by atoms with Gasteiger partial charge in [0.05, 0.1) is 16.9 Å². The lowest BCUT2D eigenvalue weighted by Gasteiger charge is -2.28. The van der Waals surface area contributed by atoms with Gasteiger partial charge in [0.25, 0.3) is 5.69 Å². The van der Waals surface area contributed by atoms with Gasteiger partial charge in [0.1, 0.15) is 5.82 Å². The van der Waals surface area contributed by atoms with E-state index in [1.807, 2.05) is 0 Å². The van der Waals surface area contributed by atoms with Gasteiger partial charge < -0.3 is 20.9 Å². The number of non-ortho nitro benzene ring substituents is 1. The van der Waals surface area contributed by atoms with Crippen LogP contribution in [0.5, 0.6) is 11.5 Å². The highest BCUT2D eigenvalue weighted by Gasteiger charge is 2.39. The molecule has 0 spiro atoms. The lowest BCUT2D eigenvalue weighted by Crippen LogP contribution is -2.25. The number of hydrogen-bond acceptors (Lipinski definition) is 10. The van der Waals surface area contributed by atoms with Gasteiger partial charge in [-0.25, -0.2) is 13.4 Å². The van der Waals surface area contributed by atoms with Crippen LogP contribution in [0.1, 0.15) is 22.1 Å². The van der Waals surface area contributed by atoms with E-state index < -0.39 is 20.2 Å². The molecule has 3 aromatic carbocycles. The van der Waals surface area contributed by atoms with Gasteiger partial charge in [-0.05, 0) is 53.1 Å². The molecule has 6 rings (SSSR count). The summed E-state index contributed by atoms with van der Waals surface area (Å²) in [4.78, 5) is 18.6. The second-order valence-electron chi connectivity index (χ2n) is 8.35. The number of ether oxygens (including phenoxy) is 2. The maximum Gasteiger partial charge on any atom is 0.269 e. The minimum absolute atomic E-state index is 0.0624. The van der Waals surface area contributed by atoms with Crippen molar-refractivity contribution < 1.29 is 22.8 Å². The predicted octanol–water partition coefficient (Wildman–Crippen LogP) is 3.68. The van der Waals surface area contributed by atoms with Gasteiger partial charge in [-0.1, -0.05) is 12.1 Å². The lowest BCUT2D eigenvalue weighted by atomic mass is 9.99. The Hall–Kier alpha value is -4.71. The highest BCUT2D eigenvalue weighted by Crippen LogP contribution is 2.45. The van der Waals surface area contributed by atoms with Gasteiger partial charge in [0.15, 0.2) is 11.5 Å². The molecule has 2 aliphatic heterocycles. The third kappa shape index (κ3) is 4.38. The quantitative estimate of drug-likeness (QED) is 0.271. The standard InChI is InChI=1S/C25H21N5O6S/c1-35-21-9-2-14(10-16-13-28-25(27)29-23(16)26)11-22(21)36-24-19-8-7-18(37(24,33)34)12-20(19)15-3-5-17(6-4-15)30(31)32/h2-9,11-13,24H,10H2,1H3,(H4,26,27,28,29). The number of nitro groups is 1. The number of benzene rings is 3. The van der Waals surface area contributed by atoms with E-state index in [0.717, 1.165) is 5.56 Å². The van der Waals surface area contributed by atoms with Crippen molar-refractivity contribution in [2.45, 2.75) is 16.8 Å². The molecule has 0 fully saturated rings. The van der Waals surface area contributed by atoms with Crippen LogP contribution < -0.4 is 20.9 Å². The van der Waals surface area contributed by atoms with E-state index in [2.05, 4.69) is 9.97 Å². The Morgan fingerprint density at radius 1 is 1.03 bits per heavy atom. The molecule has 2 aliphatic rings. The molecule has 11 nitrogen and oxygen atoms in total. The van der Waals surface area contributed by atoms with E-state index in [1.165, 1.54) is 31.5 Å². The van der Waals surface area contributed by atoms with Crippen molar-refractivity contribution in [3.63, 3.8) is 0 Å². The average Bonchev–Trinajstić information content (AvgIpc) is 2.88. The van der Waals surface area contributed by atoms with E-state index in [9.17, 15) is 18.5 Å². The number of nitrogen functional groups attached to an aromatic ring is 2. The zero-order chi connectivity index (χ0) is 26.3. The Labute approximate surface area is 211 Å². The fraction of sp³-hybridized carbons (Fsp3) is 0.120. The van der Waals surface area contributed by atoms with Crippen LogP contribution in [0.25, 0.3) is 11.1 Å². The summed E-state index contributed by atoms with van der Waals surface area (Å²) in [6, 6.07) is 15.8. The van der Waals surface area contributed by atoms with Crippen LogP contribution in [0.2, 0.25) is 0 Å². The maximum atomic E-state index is 13.3. The zero-order valence-electron chi connectivity index (χ0n) is 19.5. The Balaban J connectivity index is 1.52. The molecule has 0 saturated heterocycles. The van der Waals surface area contributed by atoms with Crippen LogP contribution >= 0.6 is 0 Å². The van der Waals surface area contributed by atoms with Gasteiger partial charge >= 0.3 is 0 Å². The van der Waals surface area contributed by atoms with Crippen LogP contribution in [0.3, 0.4) is 0 Å². The molecule has 4 aromatic rings. The molecule has 1 unspecified atom stereocenters. The molecule has 0 amide bonds. The number of nitrogens with two attached hydrogens (primary N) is 2. The third-order valence-electron chi connectivity index (χ3n) is 6.05. The molecule has 1 aromatic heterocycles. The number of methoxy groups -OCH3 is 1. The van der Waals surface area contributed by atoms with Crippen molar-refractivity contribution in [3.05, 3.63) is 93.7 Å². The molecule has 12 heteroatoms. The summed E-state index contributed by atoms with van der Waals surface area (Å²) in [7, 11) is -2.40. The minimum Gasteiger partial charge on any atom is -0.493 e. The zero-order valence-corrected chi connectivity index (χ0v) is 20.3. The fourth-order valence-corrected chi connectivity index (χ4v) is 5.73. The minimum atomic E-state index is -3.86. The van der Waals surface area contributed by atoms with Gasteiger partial charge in [0.2, 0.25) is 21.2 Å². The Kier molecular flexibility index (Phi) is 5.88. The Morgan fingerprint density at radius 3 is 2.46 bits per heavy atom. The number of hydrogen-bond donors (Lipinski definition) is 2. The Bertz CT molecular complexity index is 1640. The number of nitrogens with zero attached hydrogens (tertiary/aromatic N) is 3. The summed E-state index contributed by atoms with van der Waals surface area (Å²) in [6.45, 7) is 0. The molecule has 37 heavy (non-hydrogen) atoms. The molecule has 0 saturated carbocycles. The number of fused-ring (bicyclic) bond motifs is 3. The summed E-state index contributed by atoms with van der Waals surface area (Å²) in [5.74, 6) is 0.878. The van der Waals surface area contributed by atoms with Crippen LogP contribution in [-0.2, 0) is 16.3 Å². The van der Waals surface area contributed by atoms with Crippen LogP contribution in [0.4, 0.5) is 17.5 Å². The lowest BCUT2D eigenvalue weighted by molar-refractivity contribution is -0.384. The van der Waals surface area contributed by atoms with Crippen LogP contribution in [0, 0.1) is 10.1 Å². The summed E-state index contributed by atoms with van der Waals surface area (Å²) >= 11 is 0. The van der Waals surface area contributed by atoms with Crippen molar-refractivity contribution in [1.29, 1.82) is 0 Å². The number of sulfone groups is 1. The summed E-state index contributed by atoms with van der Waals surface area (Å²) in [6.07, 6.45) is 1.89. The molecule has 3 heterocycles.